The Hall–Kier alpha value is -2.85. The number of nitrogens with zero attached hydrogens (tertiary/aromatic N) is 1. The molecule has 1 saturated heterocycles. The van der Waals surface area contributed by atoms with Gasteiger partial charge in [0.25, 0.3) is 8.32 Å². The minimum Gasteiger partial charge on any atom is -0.468 e. The van der Waals surface area contributed by atoms with Crippen LogP contribution in [-0.2, 0) is 29.9 Å². The van der Waals surface area contributed by atoms with Crippen molar-refractivity contribution in [2.75, 3.05) is 33.9 Å². The Balaban J connectivity index is 1.68. The summed E-state index contributed by atoms with van der Waals surface area (Å²) in [5.74, 6) is -0.358. The van der Waals surface area contributed by atoms with E-state index >= 15 is 0 Å². The fourth-order valence-electron chi connectivity index (χ4n) is 5.86. The number of hydrogen-bond donors (Lipinski definition) is 1. The number of aliphatic hydroxyl groups excluding tert-OH is 1. The van der Waals surface area contributed by atoms with E-state index < -0.39 is 32.9 Å². The summed E-state index contributed by atoms with van der Waals surface area (Å²) in [5, 5.41) is 13.2. The van der Waals surface area contributed by atoms with Crippen molar-refractivity contribution in [3.8, 4) is 0 Å². The molecule has 4 rings (SSSR count). The molecule has 0 unspecified atom stereocenters. The fraction of sp³-hybridized carbons (Fsp3) is 0.424. The number of ether oxygens (including phenoxy) is 3. The van der Waals surface area contributed by atoms with E-state index in [2.05, 4.69) is 69.3 Å². The van der Waals surface area contributed by atoms with Crippen LogP contribution in [0.2, 0.25) is 5.04 Å². The van der Waals surface area contributed by atoms with E-state index in [1.807, 2.05) is 47.4 Å². The molecular weight excluding hydrogens is 534 g/mol. The third kappa shape index (κ3) is 7.14. The van der Waals surface area contributed by atoms with Gasteiger partial charge in [0.05, 0.1) is 19.8 Å². The van der Waals surface area contributed by atoms with Gasteiger partial charge in [-0.15, -0.1) is 0 Å². The third-order valence-electron chi connectivity index (χ3n) is 7.82. The zero-order chi connectivity index (χ0) is 29.5. The minimum atomic E-state index is -2.83. The van der Waals surface area contributed by atoms with Gasteiger partial charge >= 0.3 is 5.97 Å². The van der Waals surface area contributed by atoms with Crippen molar-refractivity contribution in [2.24, 2.45) is 0 Å². The SMILES string of the molecule is COC(=O)[C@@H](Cc1ccccc1)N1C[C@@H](CO[Si](c2ccccc2)(c2ccccc2)C(C)(C)C)O[C@H](OC)[C@H](O)C1. The number of β-amino-alcohol motifs (C(OH)–C–C–N with tert-alkyl or cyclic N) is 1. The van der Waals surface area contributed by atoms with E-state index in [0.717, 1.165) is 5.56 Å². The molecule has 3 aromatic carbocycles. The van der Waals surface area contributed by atoms with Gasteiger partial charge in [0, 0.05) is 20.2 Å². The van der Waals surface area contributed by atoms with Gasteiger partial charge in [-0.3, -0.25) is 9.69 Å². The standard InChI is InChI=1S/C33H43NO6Si/c1-33(2,3)41(27-17-11-7-12-18-27,28-19-13-8-14-20-28)39-24-26-22-34(23-30(35)32(38-5)40-26)29(31(36)37-4)21-25-15-9-6-10-16-25/h6-20,26,29-30,32,35H,21-24H2,1-5H3/t26-,29+,30+,32-/m0/s1. The molecule has 1 aliphatic heterocycles. The number of aliphatic hydroxyl groups is 1. The molecule has 41 heavy (non-hydrogen) atoms. The lowest BCUT2D eigenvalue weighted by molar-refractivity contribution is -0.195. The number of carbonyl (C=O) groups is 1. The van der Waals surface area contributed by atoms with Gasteiger partial charge in [-0.1, -0.05) is 112 Å². The topological polar surface area (TPSA) is 77.5 Å². The molecule has 0 aliphatic carbocycles. The van der Waals surface area contributed by atoms with Crippen molar-refractivity contribution < 1.29 is 28.5 Å². The van der Waals surface area contributed by atoms with Crippen molar-refractivity contribution in [1.29, 1.82) is 0 Å². The number of benzene rings is 3. The molecule has 1 heterocycles. The van der Waals surface area contributed by atoms with Crippen LogP contribution in [0.4, 0.5) is 0 Å². The highest BCUT2D eigenvalue weighted by Crippen LogP contribution is 2.37. The summed E-state index contributed by atoms with van der Waals surface area (Å²) in [6, 6.07) is 30.1. The Labute approximate surface area is 245 Å². The molecule has 0 bridgehead atoms. The second kappa shape index (κ2) is 13.9. The third-order valence-corrected chi connectivity index (χ3v) is 12.8. The first-order valence-electron chi connectivity index (χ1n) is 14.2. The Morgan fingerprint density at radius 1 is 0.927 bits per heavy atom. The molecule has 0 amide bonds. The maximum Gasteiger partial charge on any atom is 0.323 e. The molecule has 1 fully saturated rings. The maximum atomic E-state index is 13.1. The Bertz CT molecular complexity index is 1180. The highest BCUT2D eigenvalue weighted by Gasteiger charge is 2.51. The van der Waals surface area contributed by atoms with Gasteiger partial charge in [-0.05, 0) is 27.4 Å². The second-order valence-corrected chi connectivity index (χ2v) is 15.9. The molecule has 220 valence electrons. The fourth-order valence-corrected chi connectivity index (χ4v) is 10.5. The lowest BCUT2D eigenvalue weighted by Crippen LogP contribution is -2.67. The summed E-state index contributed by atoms with van der Waals surface area (Å²) in [6.45, 7) is 7.51. The van der Waals surface area contributed by atoms with Gasteiger partial charge in [0.1, 0.15) is 12.1 Å². The van der Waals surface area contributed by atoms with Crippen molar-refractivity contribution in [1.82, 2.24) is 4.90 Å². The first-order valence-corrected chi connectivity index (χ1v) is 16.1. The van der Waals surface area contributed by atoms with Crippen LogP contribution in [0.5, 0.6) is 0 Å². The zero-order valence-corrected chi connectivity index (χ0v) is 25.7. The van der Waals surface area contributed by atoms with Crippen LogP contribution in [0.15, 0.2) is 91.0 Å². The molecule has 1 aliphatic rings. The number of esters is 1. The summed E-state index contributed by atoms with van der Waals surface area (Å²) in [7, 11) is 0.0834. The summed E-state index contributed by atoms with van der Waals surface area (Å²) >= 11 is 0. The van der Waals surface area contributed by atoms with Crippen LogP contribution >= 0.6 is 0 Å². The highest BCUT2D eigenvalue weighted by atomic mass is 28.4. The summed E-state index contributed by atoms with van der Waals surface area (Å²) in [4.78, 5) is 15.0. The maximum absolute atomic E-state index is 13.1. The van der Waals surface area contributed by atoms with Gasteiger partial charge in [-0.2, -0.15) is 0 Å². The molecule has 8 heteroatoms. The minimum absolute atomic E-state index is 0.195. The van der Waals surface area contributed by atoms with Crippen molar-refractivity contribution >= 4 is 24.7 Å². The second-order valence-electron chi connectivity index (χ2n) is 11.6. The molecule has 0 aromatic heterocycles. The Morgan fingerprint density at radius 3 is 1.95 bits per heavy atom. The van der Waals surface area contributed by atoms with Crippen LogP contribution in [0.25, 0.3) is 0 Å². The predicted octanol–water partition coefficient (Wildman–Crippen LogP) is 3.38. The van der Waals surface area contributed by atoms with E-state index in [-0.39, 0.29) is 24.2 Å². The van der Waals surface area contributed by atoms with Gasteiger partial charge in [0.15, 0.2) is 6.29 Å². The molecular formula is C33H43NO6Si. The Kier molecular flexibility index (Phi) is 10.5. The zero-order valence-electron chi connectivity index (χ0n) is 24.7. The molecule has 1 N–H and O–H groups in total. The van der Waals surface area contributed by atoms with Crippen molar-refractivity contribution in [2.45, 2.75) is 56.8 Å². The molecule has 0 saturated carbocycles. The van der Waals surface area contributed by atoms with Crippen LogP contribution in [0, 0.1) is 0 Å². The first-order chi connectivity index (χ1) is 19.7. The monoisotopic (exact) mass is 577 g/mol. The molecule has 3 aromatic rings. The van der Waals surface area contributed by atoms with E-state index in [0.29, 0.717) is 13.0 Å². The van der Waals surface area contributed by atoms with E-state index in [4.69, 9.17) is 18.6 Å². The lowest BCUT2D eigenvalue weighted by atomic mass is 10.0. The predicted molar refractivity (Wildman–Crippen MR) is 163 cm³/mol. The lowest BCUT2D eigenvalue weighted by Gasteiger charge is -2.44. The number of rotatable bonds is 10. The van der Waals surface area contributed by atoms with Crippen LogP contribution < -0.4 is 10.4 Å². The smallest absolute Gasteiger partial charge is 0.323 e. The van der Waals surface area contributed by atoms with Crippen LogP contribution in [0.1, 0.15) is 26.3 Å². The molecule has 4 atom stereocenters. The summed E-state index contributed by atoms with van der Waals surface area (Å²) in [5.41, 5.74) is 1.01. The molecule has 7 nitrogen and oxygen atoms in total. The molecule has 0 spiro atoms. The number of methoxy groups -OCH3 is 2. The average Bonchev–Trinajstić information content (AvgIpc) is 3.14. The number of hydrogen-bond acceptors (Lipinski definition) is 7. The Morgan fingerprint density at radius 2 is 1.46 bits per heavy atom. The highest BCUT2D eigenvalue weighted by molar-refractivity contribution is 6.99. The van der Waals surface area contributed by atoms with Crippen molar-refractivity contribution in [3.63, 3.8) is 0 Å². The van der Waals surface area contributed by atoms with Gasteiger partial charge in [-0.25, -0.2) is 0 Å². The molecule has 0 radical (unpaired) electrons. The van der Waals surface area contributed by atoms with Crippen molar-refractivity contribution in [3.05, 3.63) is 96.6 Å². The van der Waals surface area contributed by atoms with Crippen LogP contribution in [0.3, 0.4) is 0 Å². The normalized spacial score (nSPS) is 21.2. The van der Waals surface area contributed by atoms with Gasteiger partial charge in [0.2, 0.25) is 0 Å². The van der Waals surface area contributed by atoms with E-state index in [1.54, 1.807) is 0 Å². The van der Waals surface area contributed by atoms with Crippen LogP contribution in [-0.4, -0.2) is 82.7 Å². The summed E-state index contributed by atoms with van der Waals surface area (Å²) in [6.07, 6.45) is -1.84. The van der Waals surface area contributed by atoms with Gasteiger partial charge < -0.3 is 23.7 Å². The quantitative estimate of drug-likeness (QED) is 0.293. The first kappa shape index (κ1) is 31.1. The average molecular weight is 578 g/mol. The van der Waals surface area contributed by atoms with E-state index in [9.17, 15) is 9.90 Å². The summed E-state index contributed by atoms with van der Waals surface area (Å²) < 4.78 is 24.3. The largest absolute Gasteiger partial charge is 0.468 e. The number of carbonyl (C=O) groups excluding carboxylic acids is 1. The van der Waals surface area contributed by atoms with E-state index in [1.165, 1.54) is 24.6 Å².